The molecule has 4 amide bonds. The number of imide groups is 1. The van der Waals surface area contributed by atoms with Crippen LogP contribution in [0.25, 0.3) is 0 Å². The fourth-order valence-electron chi connectivity index (χ4n) is 3.68. The zero-order valence-electron chi connectivity index (χ0n) is 19.5. The van der Waals surface area contributed by atoms with Gasteiger partial charge in [0.15, 0.2) is 0 Å². The van der Waals surface area contributed by atoms with E-state index in [0.29, 0.717) is 12.1 Å². The summed E-state index contributed by atoms with van der Waals surface area (Å²) in [5.41, 5.74) is 2.50. The number of thioether (sulfide) groups is 1. The molecule has 3 N–H and O–H groups in total. The molecule has 35 heavy (non-hydrogen) atoms. The first-order chi connectivity index (χ1) is 16.7. The van der Waals surface area contributed by atoms with Gasteiger partial charge in [0.2, 0.25) is 17.7 Å². The zero-order chi connectivity index (χ0) is 25.5. The Bertz CT molecular complexity index is 1150. The van der Waals surface area contributed by atoms with Crippen molar-refractivity contribution in [3.8, 4) is 0 Å². The highest BCUT2D eigenvalue weighted by atomic mass is 32.2. The molecule has 184 valence electrons. The van der Waals surface area contributed by atoms with E-state index in [2.05, 4.69) is 17.6 Å². The average molecular weight is 498 g/mol. The molecule has 1 heterocycles. The lowest BCUT2D eigenvalue weighted by molar-refractivity contribution is -0.127. The van der Waals surface area contributed by atoms with Gasteiger partial charge in [0, 0.05) is 25.6 Å². The summed E-state index contributed by atoms with van der Waals surface area (Å²) in [4.78, 5) is 61.3. The SMILES string of the molecule is CCc1ccc(CC2SC(=O)N(CCCC(=O)Nc3ccc(C(=O)O)c(NC(C)=O)c3)C2=O)cc1. The third-order valence-electron chi connectivity index (χ3n) is 5.49. The van der Waals surface area contributed by atoms with Crippen molar-refractivity contribution in [3.05, 3.63) is 59.2 Å². The highest BCUT2D eigenvalue weighted by Gasteiger charge is 2.39. The lowest BCUT2D eigenvalue weighted by Gasteiger charge is -2.14. The summed E-state index contributed by atoms with van der Waals surface area (Å²) in [5.74, 6) is -2.25. The number of nitrogens with one attached hydrogen (secondary N) is 2. The standard InChI is InChI=1S/C25H27N3O6S/c1-3-16-6-8-17(9-7-16)13-21-23(31)28(25(34)35-21)12-4-5-22(30)27-18-10-11-19(24(32)33)20(14-18)26-15(2)29/h6-11,14,21H,3-5,12-13H2,1-2H3,(H,26,29)(H,27,30)(H,32,33). The summed E-state index contributed by atoms with van der Waals surface area (Å²) in [5, 5.41) is 13.5. The number of carbonyl (C=O) groups is 5. The summed E-state index contributed by atoms with van der Waals surface area (Å²) in [6.07, 6.45) is 1.75. The number of amides is 4. The first-order valence-corrected chi connectivity index (χ1v) is 12.1. The molecule has 1 fully saturated rings. The second-order valence-corrected chi connectivity index (χ2v) is 9.29. The van der Waals surface area contributed by atoms with Crippen LogP contribution in [0.2, 0.25) is 0 Å². The van der Waals surface area contributed by atoms with Crippen LogP contribution in [-0.2, 0) is 27.2 Å². The van der Waals surface area contributed by atoms with E-state index in [0.717, 1.165) is 23.7 Å². The Morgan fingerprint density at radius 1 is 1.03 bits per heavy atom. The maximum absolute atomic E-state index is 12.7. The van der Waals surface area contributed by atoms with Crippen molar-refractivity contribution in [2.75, 3.05) is 17.2 Å². The number of aryl methyl sites for hydroxylation is 1. The van der Waals surface area contributed by atoms with Crippen LogP contribution in [0.5, 0.6) is 0 Å². The number of carbonyl (C=O) groups excluding carboxylic acids is 4. The van der Waals surface area contributed by atoms with Crippen LogP contribution in [0.4, 0.5) is 16.2 Å². The number of carboxylic acid groups (broad SMARTS) is 1. The Kier molecular flexibility index (Phi) is 8.64. The Labute approximate surface area is 207 Å². The maximum atomic E-state index is 12.7. The van der Waals surface area contributed by atoms with Gasteiger partial charge < -0.3 is 15.7 Å². The molecule has 1 unspecified atom stereocenters. The van der Waals surface area contributed by atoms with Gasteiger partial charge in [-0.3, -0.25) is 24.1 Å². The molecular weight excluding hydrogens is 470 g/mol. The van der Waals surface area contributed by atoms with Crippen molar-refractivity contribution in [1.29, 1.82) is 0 Å². The van der Waals surface area contributed by atoms with Crippen molar-refractivity contribution < 1.29 is 29.1 Å². The summed E-state index contributed by atoms with van der Waals surface area (Å²) < 4.78 is 0. The minimum atomic E-state index is -1.21. The number of hydrogen-bond donors (Lipinski definition) is 3. The van der Waals surface area contributed by atoms with Crippen molar-refractivity contribution in [3.63, 3.8) is 0 Å². The predicted octanol–water partition coefficient (Wildman–Crippen LogP) is 3.93. The molecule has 3 rings (SSSR count). The number of nitrogens with zero attached hydrogens (tertiary/aromatic N) is 1. The molecule has 1 saturated heterocycles. The average Bonchev–Trinajstić information content (AvgIpc) is 3.06. The lowest BCUT2D eigenvalue weighted by atomic mass is 10.1. The fraction of sp³-hybridized carbons (Fsp3) is 0.320. The van der Waals surface area contributed by atoms with Gasteiger partial charge in [-0.15, -0.1) is 0 Å². The number of hydrogen-bond acceptors (Lipinski definition) is 6. The monoisotopic (exact) mass is 497 g/mol. The van der Waals surface area contributed by atoms with E-state index in [-0.39, 0.29) is 47.7 Å². The second-order valence-electron chi connectivity index (χ2n) is 8.13. The Hall–Kier alpha value is -3.66. The molecular formula is C25H27N3O6S. The minimum Gasteiger partial charge on any atom is -0.478 e. The molecule has 9 nitrogen and oxygen atoms in total. The van der Waals surface area contributed by atoms with Crippen LogP contribution in [-0.4, -0.2) is 50.7 Å². The van der Waals surface area contributed by atoms with E-state index in [1.54, 1.807) is 0 Å². The van der Waals surface area contributed by atoms with E-state index in [9.17, 15) is 29.1 Å². The van der Waals surface area contributed by atoms with Crippen LogP contribution < -0.4 is 10.6 Å². The Morgan fingerprint density at radius 3 is 2.34 bits per heavy atom. The van der Waals surface area contributed by atoms with Crippen LogP contribution in [0, 0.1) is 0 Å². The molecule has 0 spiro atoms. The third-order valence-corrected chi connectivity index (χ3v) is 6.56. The van der Waals surface area contributed by atoms with Gasteiger partial charge in [0.25, 0.3) is 5.24 Å². The molecule has 0 aliphatic carbocycles. The van der Waals surface area contributed by atoms with Gasteiger partial charge >= 0.3 is 5.97 Å². The van der Waals surface area contributed by atoms with Gasteiger partial charge in [0.1, 0.15) is 0 Å². The van der Waals surface area contributed by atoms with Gasteiger partial charge in [-0.25, -0.2) is 4.79 Å². The first kappa shape index (κ1) is 26.0. The summed E-state index contributed by atoms with van der Waals surface area (Å²) >= 11 is 1.01. The van der Waals surface area contributed by atoms with Gasteiger partial charge in [-0.1, -0.05) is 43.0 Å². The minimum absolute atomic E-state index is 0.0566. The van der Waals surface area contributed by atoms with E-state index in [4.69, 9.17) is 0 Å². The highest BCUT2D eigenvalue weighted by molar-refractivity contribution is 8.15. The van der Waals surface area contributed by atoms with Gasteiger partial charge in [-0.2, -0.15) is 0 Å². The van der Waals surface area contributed by atoms with Crippen molar-refractivity contribution in [2.45, 2.75) is 44.8 Å². The molecule has 1 aliphatic heterocycles. The molecule has 0 bridgehead atoms. The third kappa shape index (κ3) is 6.92. The number of rotatable bonds is 10. The van der Waals surface area contributed by atoms with E-state index in [1.165, 1.54) is 35.6 Å². The number of anilines is 2. The van der Waals surface area contributed by atoms with E-state index >= 15 is 0 Å². The molecule has 0 aromatic heterocycles. The summed E-state index contributed by atoms with van der Waals surface area (Å²) in [6.45, 7) is 3.46. The first-order valence-electron chi connectivity index (χ1n) is 11.2. The van der Waals surface area contributed by atoms with Crippen molar-refractivity contribution >= 4 is 52.1 Å². The van der Waals surface area contributed by atoms with Crippen molar-refractivity contribution in [2.24, 2.45) is 0 Å². The quantitative estimate of drug-likeness (QED) is 0.453. The second kappa shape index (κ2) is 11.7. The smallest absolute Gasteiger partial charge is 0.337 e. The molecule has 2 aromatic rings. The van der Waals surface area contributed by atoms with Crippen LogP contribution in [0.1, 0.15) is 48.2 Å². The normalized spacial score (nSPS) is 15.3. The summed E-state index contributed by atoms with van der Waals surface area (Å²) in [7, 11) is 0. The van der Waals surface area contributed by atoms with Crippen LogP contribution in [0.3, 0.4) is 0 Å². The summed E-state index contributed by atoms with van der Waals surface area (Å²) in [6, 6.07) is 12.1. The molecule has 2 aromatic carbocycles. The highest BCUT2D eigenvalue weighted by Crippen LogP contribution is 2.30. The molecule has 0 saturated carbocycles. The van der Waals surface area contributed by atoms with E-state index < -0.39 is 17.1 Å². The van der Waals surface area contributed by atoms with Crippen molar-refractivity contribution in [1.82, 2.24) is 4.90 Å². The zero-order valence-corrected chi connectivity index (χ0v) is 20.3. The number of benzene rings is 2. The topological polar surface area (TPSA) is 133 Å². The van der Waals surface area contributed by atoms with Gasteiger partial charge in [0.05, 0.1) is 16.5 Å². The molecule has 10 heteroatoms. The fourth-order valence-corrected chi connectivity index (χ4v) is 4.73. The van der Waals surface area contributed by atoms with Gasteiger partial charge in [-0.05, 0) is 48.6 Å². The van der Waals surface area contributed by atoms with Crippen LogP contribution >= 0.6 is 11.8 Å². The largest absolute Gasteiger partial charge is 0.478 e. The molecule has 1 atom stereocenters. The maximum Gasteiger partial charge on any atom is 0.337 e. The number of carboxylic acids is 1. The predicted molar refractivity (Wildman–Crippen MR) is 134 cm³/mol. The molecule has 1 aliphatic rings. The Balaban J connectivity index is 1.51. The van der Waals surface area contributed by atoms with Crippen LogP contribution in [0.15, 0.2) is 42.5 Å². The lowest BCUT2D eigenvalue weighted by Crippen LogP contribution is -2.33. The van der Waals surface area contributed by atoms with E-state index in [1.807, 2.05) is 24.3 Å². The molecule has 0 radical (unpaired) electrons. The number of aromatic carboxylic acids is 1. The Morgan fingerprint density at radius 2 is 1.71 bits per heavy atom.